The van der Waals surface area contributed by atoms with E-state index in [1.165, 1.54) is 19.3 Å². The minimum atomic E-state index is -1.21. The number of amides is 1. The molecule has 1 amide bonds. The first kappa shape index (κ1) is 16.0. The van der Waals surface area contributed by atoms with Crippen molar-refractivity contribution in [2.24, 2.45) is 0 Å². The van der Waals surface area contributed by atoms with Crippen molar-refractivity contribution in [1.82, 2.24) is 0 Å². The Labute approximate surface area is 139 Å². The van der Waals surface area contributed by atoms with Crippen LogP contribution in [0.2, 0.25) is 0 Å². The molecular formula is C17H22BrNO3. The standard InChI is InChI=1S/C17H22BrNO3/c1-2-3-4-5-6-9-19-15-8-7-13(18)12-14(15)17(16(19)20)21-10-11-22-17/h7-8,12H,2-6,9-11H2,1H3. The topological polar surface area (TPSA) is 38.8 Å². The van der Waals surface area contributed by atoms with Gasteiger partial charge in [0.15, 0.2) is 0 Å². The van der Waals surface area contributed by atoms with Gasteiger partial charge >= 0.3 is 0 Å². The molecule has 120 valence electrons. The van der Waals surface area contributed by atoms with Crippen LogP contribution < -0.4 is 4.90 Å². The SMILES string of the molecule is CCCCCCCN1C(=O)C2(OCCO2)c2cc(Br)ccc21. The van der Waals surface area contributed by atoms with E-state index in [0.717, 1.165) is 35.1 Å². The molecule has 4 nitrogen and oxygen atoms in total. The van der Waals surface area contributed by atoms with E-state index in [1.807, 2.05) is 23.1 Å². The van der Waals surface area contributed by atoms with Crippen molar-refractivity contribution in [1.29, 1.82) is 0 Å². The molecule has 0 aromatic heterocycles. The maximum atomic E-state index is 12.9. The Kier molecular flexibility index (Phi) is 4.85. The summed E-state index contributed by atoms with van der Waals surface area (Å²) >= 11 is 3.48. The average Bonchev–Trinajstić information content (AvgIpc) is 3.08. The van der Waals surface area contributed by atoms with Crippen LogP contribution in [0.3, 0.4) is 0 Å². The number of anilines is 1. The smallest absolute Gasteiger partial charge is 0.292 e. The largest absolute Gasteiger partial charge is 0.336 e. The van der Waals surface area contributed by atoms with Gasteiger partial charge in [-0.25, -0.2) is 0 Å². The number of rotatable bonds is 6. The highest BCUT2D eigenvalue weighted by molar-refractivity contribution is 9.10. The number of carbonyl (C=O) groups is 1. The molecule has 1 saturated heterocycles. The van der Waals surface area contributed by atoms with Gasteiger partial charge in [0.2, 0.25) is 0 Å². The summed E-state index contributed by atoms with van der Waals surface area (Å²) in [6, 6.07) is 5.88. The van der Waals surface area contributed by atoms with Crippen LogP contribution >= 0.6 is 15.9 Å². The number of unbranched alkanes of at least 4 members (excludes halogenated alkanes) is 4. The van der Waals surface area contributed by atoms with Crippen LogP contribution in [-0.2, 0) is 20.1 Å². The normalized spacial score (nSPS) is 19.2. The van der Waals surface area contributed by atoms with Crippen molar-refractivity contribution in [3.8, 4) is 0 Å². The molecular weight excluding hydrogens is 346 g/mol. The molecule has 1 fully saturated rings. The highest BCUT2D eigenvalue weighted by Gasteiger charge is 2.55. The van der Waals surface area contributed by atoms with Crippen LogP contribution in [0.25, 0.3) is 0 Å². The van der Waals surface area contributed by atoms with E-state index in [-0.39, 0.29) is 5.91 Å². The number of benzene rings is 1. The van der Waals surface area contributed by atoms with E-state index < -0.39 is 5.79 Å². The minimum Gasteiger partial charge on any atom is -0.336 e. The second kappa shape index (κ2) is 6.69. The molecule has 22 heavy (non-hydrogen) atoms. The lowest BCUT2D eigenvalue weighted by Crippen LogP contribution is -2.41. The van der Waals surface area contributed by atoms with Crippen LogP contribution in [0.4, 0.5) is 5.69 Å². The van der Waals surface area contributed by atoms with E-state index in [0.29, 0.717) is 13.2 Å². The van der Waals surface area contributed by atoms with E-state index in [9.17, 15) is 4.79 Å². The number of carbonyl (C=O) groups excluding carboxylic acids is 1. The third-order valence-corrected chi connectivity index (χ3v) is 4.80. The van der Waals surface area contributed by atoms with Gasteiger partial charge in [-0.1, -0.05) is 48.5 Å². The zero-order valence-electron chi connectivity index (χ0n) is 12.9. The van der Waals surface area contributed by atoms with Crippen LogP contribution in [0, 0.1) is 0 Å². The Morgan fingerprint density at radius 3 is 2.64 bits per heavy atom. The van der Waals surface area contributed by atoms with Crippen molar-refractivity contribution < 1.29 is 14.3 Å². The predicted octanol–water partition coefficient (Wildman–Crippen LogP) is 3.97. The van der Waals surface area contributed by atoms with Crippen LogP contribution in [0.5, 0.6) is 0 Å². The van der Waals surface area contributed by atoms with E-state index in [2.05, 4.69) is 22.9 Å². The number of fused-ring (bicyclic) bond motifs is 2. The van der Waals surface area contributed by atoms with Gasteiger partial charge in [0.25, 0.3) is 11.7 Å². The number of nitrogens with zero attached hydrogens (tertiary/aromatic N) is 1. The lowest BCUT2D eigenvalue weighted by Gasteiger charge is -2.22. The van der Waals surface area contributed by atoms with Gasteiger partial charge in [0.05, 0.1) is 18.9 Å². The van der Waals surface area contributed by atoms with E-state index in [1.54, 1.807) is 0 Å². The third-order valence-electron chi connectivity index (χ3n) is 4.31. The zero-order chi connectivity index (χ0) is 15.6. The summed E-state index contributed by atoms with van der Waals surface area (Å²) in [7, 11) is 0. The van der Waals surface area contributed by atoms with Gasteiger partial charge < -0.3 is 14.4 Å². The molecule has 0 bridgehead atoms. The first-order valence-electron chi connectivity index (χ1n) is 8.09. The van der Waals surface area contributed by atoms with Gasteiger partial charge in [-0.15, -0.1) is 0 Å². The van der Waals surface area contributed by atoms with Gasteiger partial charge in [0, 0.05) is 16.6 Å². The second-order valence-electron chi connectivity index (χ2n) is 5.85. The fourth-order valence-electron chi connectivity index (χ4n) is 3.20. The molecule has 3 rings (SSSR count). The minimum absolute atomic E-state index is 0.0754. The molecule has 2 aliphatic heterocycles. The Balaban J connectivity index is 1.79. The molecule has 0 atom stereocenters. The average molecular weight is 368 g/mol. The molecule has 2 heterocycles. The molecule has 1 spiro atoms. The third kappa shape index (κ3) is 2.70. The van der Waals surface area contributed by atoms with Gasteiger partial charge in [-0.05, 0) is 24.6 Å². The Hall–Kier alpha value is -0.910. The summed E-state index contributed by atoms with van der Waals surface area (Å²) in [5.41, 5.74) is 1.75. The first-order valence-corrected chi connectivity index (χ1v) is 8.88. The van der Waals surface area contributed by atoms with Crippen molar-refractivity contribution in [3.63, 3.8) is 0 Å². The van der Waals surface area contributed by atoms with E-state index >= 15 is 0 Å². The maximum Gasteiger partial charge on any atom is 0.292 e. The van der Waals surface area contributed by atoms with Gasteiger partial charge in [0.1, 0.15) is 0 Å². The quantitative estimate of drug-likeness (QED) is 0.714. The number of ether oxygens (including phenoxy) is 2. The zero-order valence-corrected chi connectivity index (χ0v) is 14.5. The summed E-state index contributed by atoms with van der Waals surface area (Å²) in [5.74, 6) is -1.28. The van der Waals surface area contributed by atoms with Crippen molar-refractivity contribution >= 4 is 27.5 Å². The summed E-state index contributed by atoms with van der Waals surface area (Å²) < 4.78 is 12.4. The Morgan fingerprint density at radius 1 is 1.18 bits per heavy atom. The van der Waals surface area contributed by atoms with Crippen molar-refractivity contribution in [2.45, 2.75) is 44.8 Å². The molecule has 0 aliphatic carbocycles. The molecule has 1 aromatic carbocycles. The van der Waals surface area contributed by atoms with Crippen molar-refractivity contribution in [2.75, 3.05) is 24.7 Å². The van der Waals surface area contributed by atoms with Crippen molar-refractivity contribution in [3.05, 3.63) is 28.2 Å². The van der Waals surface area contributed by atoms with E-state index in [4.69, 9.17) is 9.47 Å². The fourth-order valence-corrected chi connectivity index (χ4v) is 3.56. The van der Waals surface area contributed by atoms with Gasteiger partial charge in [-0.2, -0.15) is 0 Å². The highest BCUT2D eigenvalue weighted by Crippen LogP contribution is 2.46. The van der Waals surface area contributed by atoms with Crippen LogP contribution in [0.15, 0.2) is 22.7 Å². The number of hydrogen-bond acceptors (Lipinski definition) is 3. The molecule has 1 aromatic rings. The summed E-state index contributed by atoms with van der Waals surface area (Å²) in [4.78, 5) is 14.7. The predicted molar refractivity (Wildman–Crippen MR) is 88.8 cm³/mol. The summed E-state index contributed by atoms with van der Waals surface area (Å²) in [6.07, 6.45) is 5.87. The molecule has 5 heteroatoms. The number of halogens is 1. The second-order valence-corrected chi connectivity index (χ2v) is 6.76. The Morgan fingerprint density at radius 2 is 1.91 bits per heavy atom. The molecule has 2 aliphatic rings. The van der Waals surface area contributed by atoms with Crippen LogP contribution in [0.1, 0.15) is 44.6 Å². The fraction of sp³-hybridized carbons (Fsp3) is 0.588. The molecule has 0 radical (unpaired) electrons. The van der Waals surface area contributed by atoms with Gasteiger partial charge in [-0.3, -0.25) is 4.79 Å². The monoisotopic (exact) mass is 367 g/mol. The molecule has 0 N–H and O–H groups in total. The summed E-state index contributed by atoms with van der Waals surface area (Å²) in [6.45, 7) is 3.85. The maximum absolute atomic E-state index is 12.9. The lowest BCUT2D eigenvalue weighted by molar-refractivity contribution is -0.180. The molecule has 0 unspecified atom stereocenters. The first-order chi connectivity index (χ1) is 10.7. The molecule has 0 saturated carbocycles. The highest BCUT2D eigenvalue weighted by atomic mass is 79.9. The van der Waals surface area contributed by atoms with Crippen LogP contribution in [-0.4, -0.2) is 25.7 Å². The number of hydrogen-bond donors (Lipinski definition) is 0. The lowest BCUT2D eigenvalue weighted by atomic mass is 10.1. The summed E-state index contributed by atoms with van der Waals surface area (Å²) in [5, 5.41) is 0. The Bertz CT molecular complexity index is 555.